The van der Waals surface area contributed by atoms with Gasteiger partial charge in [-0.25, -0.2) is 4.98 Å². The summed E-state index contributed by atoms with van der Waals surface area (Å²) in [6.45, 7) is 2.14. The van der Waals surface area contributed by atoms with E-state index in [2.05, 4.69) is 38.6 Å². The molecule has 1 aromatic carbocycles. The van der Waals surface area contributed by atoms with Crippen molar-refractivity contribution in [2.75, 3.05) is 11.5 Å². The third-order valence-corrected chi connectivity index (χ3v) is 4.65. The number of hydrogen-bond acceptors (Lipinski definition) is 6. The Labute approximate surface area is 157 Å². The first-order chi connectivity index (χ1) is 13.2. The second kappa shape index (κ2) is 7.03. The van der Waals surface area contributed by atoms with Gasteiger partial charge < -0.3 is 16.0 Å². The number of hydrogen-bond donors (Lipinski definition) is 2. The molecule has 3 heterocycles. The van der Waals surface area contributed by atoms with Crippen molar-refractivity contribution in [2.45, 2.75) is 25.8 Å². The third-order valence-electron chi connectivity index (χ3n) is 4.65. The van der Waals surface area contributed by atoms with E-state index in [1.165, 1.54) is 0 Å². The summed E-state index contributed by atoms with van der Waals surface area (Å²) in [4.78, 5) is 17.5. The average Bonchev–Trinajstić information content (AvgIpc) is 3.03. The number of fused-ring (bicyclic) bond motifs is 1. The zero-order chi connectivity index (χ0) is 18.8. The fourth-order valence-electron chi connectivity index (χ4n) is 3.44. The Kier molecular flexibility index (Phi) is 4.42. The Balaban J connectivity index is 1.94. The largest absolute Gasteiger partial charge is 0.382 e. The molecular formula is C20H21N7. The molecule has 7 heteroatoms. The number of nitrogens with zero attached hydrogens (tertiary/aromatic N) is 5. The zero-order valence-electron chi connectivity index (χ0n) is 15.1. The summed E-state index contributed by atoms with van der Waals surface area (Å²) in [5.74, 6) is 1.33. The lowest BCUT2D eigenvalue weighted by Gasteiger charge is -2.20. The lowest BCUT2D eigenvalue weighted by Crippen LogP contribution is -2.15. The monoisotopic (exact) mass is 359 g/mol. The summed E-state index contributed by atoms with van der Waals surface area (Å²) in [5, 5.41) is 0. The van der Waals surface area contributed by atoms with Gasteiger partial charge in [-0.05, 0) is 29.7 Å². The summed E-state index contributed by atoms with van der Waals surface area (Å²) >= 11 is 0. The number of aromatic nitrogens is 5. The molecule has 0 saturated carbocycles. The molecule has 0 aliphatic rings. The highest BCUT2D eigenvalue weighted by Crippen LogP contribution is 2.30. The molecule has 0 aliphatic heterocycles. The van der Waals surface area contributed by atoms with Crippen LogP contribution >= 0.6 is 0 Å². The Morgan fingerprint density at radius 2 is 1.70 bits per heavy atom. The van der Waals surface area contributed by atoms with Gasteiger partial charge in [-0.3, -0.25) is 4.98 Å². The predicted octanol–water partition coefficient (Wildman–Crippen LogP) is 2.98. The van der Waals surface area contributed by atoms with E-state index in [1.54, 1.807) is 12.4 Å². The minimum atomic E-state index is 0.0467. The molecule has 0 aliphatic carbocycles. The third kappa shape index (κ3) is 3.19. The molecule has 136 valence electrons. The number of benzene rings is 1. The Morgan fingerprint density at radius 1 is 0.963 bits per heavy atom. The van der Waals surface area contributed by atoms with Crippen molar-refractivity contribution in [3.8, 4) is 0 Å². The molecule has 4 rings (SSSR count). The molecule has 0 spiro atoms. The number of pyridine rings is 1. The van der Waals surface area contributed by atoms with Crippen LogP contribution in [0.3, 0.4) is 0 Å². The van der Waals surface area contributed by atoms with E-state index >= 15 is 0 Å². The van der Waals surface area contributed by atoms with E-state index in [0.717, 1.165) is 23.4 Å². The topological polar surface area (TPSA) is 109 Å². The highest BCUT2D eigenvalue weighted by Gasteiger charge is 2.23. The molecule has 1 unspecified atom stereocenters. The molecule has 7 nitrogen and oxygen atoms in total. The van der Waals surface area contributed by atoms with Gasteiger partial charge in [0.2, 0.25) is 5.95 Å². The molecule has 0 amide bonds. The molecule has 0 saturated heterocycles. The van der Waals surface area contributed by atoms with Crippen molar-refractivity contribution in [2.24, 2.45) is 0 Å². The van der Waals surface area contributed by atoms with Crippen LogP contribution in [0.25, 0.3) is 11.2 Å². The summed E-state index contributed by atoms with van der Waals surface area (Å²) < 4.78 is 2.13. The van der Waals surface area contributed by atoms with E-state index in [0.29, 0.717) is 23.4 Å². The van der Waals surface area contributed by atoms with Crippen LogP contribution in [0, 0.1) is 0 Å². The summed E-state index contributed by atoms with van der Waals surface area (Å²) in [6, 6.07) is 14.3. The lowest BCUT2D eigenvalue weighted by molar-refractivity contribution is 0.556. The summed E-state index contributed by atoms with van der Waals surface area (Å²) in [7, 11) is 0. The van der Waals surface area contributed by atoms with Crippen LogP contribution in [0.15, 0.2) is 54.9 Å². The van der Waals surface area contributed by atoms with E-state index < -0.39 is 0 Å². The molecule has 0 radical (unpaired) electrons. The second-order valence-corrected chi connectivity index (χ2v) is 6.40. The number of imidazole rings is 1. The predicted molar refractivity (Wildman–Crippen MR) is 106 cm³/mol. The van der Waals surface area contributed by atoms with E-state index in [1.807, 2.05) is 30.3 Å². The van der Waals surface area contributed by atoms with Crippen LogP contribution < -0.4 is 11.5 Å². The van der Waals surface area contributed by atoms with Crippen molar-refractivity contribution >= 4 is 22.9 Å². The molecule has 3 aromatic heterocycles. The molecule has 4 aromatic rings. The minimum absolute atomic E-state index is 0.0467. The molecule has 0 bridgehead atoms. The van der Waals surface area contributed by atoms with Gasteiger partial charge in [0.1, 0.15) is 5.82 Å². The smallest absolute Gasteiger partial charge is 0.224 e. The average molecular weight is 359 g/mol. The van der Waals surface area contributed by atoms with Gasteiger partial charge in [-0.15, -0.1) is 0 Å². The zero-order valence-corrected chi connectivity index (χ0v) is 15.1. The minimum Gasteiger partial charge on any atom is -0.382 e. The van der Waals surface area contributed by atoms with Crippen molar-refractivity contribution in [3.05, 3.63) is 71.8 Å². The molecule has 27 heavy (non-hydrogen) atoms. The fraction of sp³-hybridized carbons (Fsp3) is 0.200. The van der Waals surface area contributed by atoms with Crippen LogP contribution in [0.2, 0.25) is 0 Å². The normalized spacial score (nSPS) is 12.3. The number of rotatable bonds is 5. The van der Waals surface area contributed by atoms with Gasteiger partial charge in [0.05, 0.1) is 6.04 Å². The first-order valence-electron chi connectivity index (χ1n) is 8.91. The molecular weight excluding hydrogens is 338 g/mol. The van der Waals surface area contributed by atoms with Gasteiger partial charge in [-0.2, -0.15) is 9.97 Å². The maximum Gasteiger partial charge on any atom is 0.224 e. The maximum atomic E-state index is 6.10. The summed E-state index contributed by atoms with van der Waals surface area (Å²) in [6.07, 6.45) is 5.12. The van der Waals surface area contributed by atoms with Crippen molar-refractivity contribution in [1.82, 2.24) is 24.5 Å². The van der Waals surface area contributed by atoms with Crippen LogP contribution in [-0.4, -0.2) is 24.5 Å². The second-order valence-electron chi connectivity index (χ2n) is 6.40. The molecule has 1 atom stereocenters. The van der Waals surface area contributed by atoms with Crippen LogP contribution in [0.1, 0.15) is 36.3 Å². The van der Waals surface area contributed by atoms with Gasteiger partial charge in [-0.1, -0.05) is 37.3 Å². The highest BCUT2D eigenvalue weighted by molar-refractivity contribution is 5.83. The van der Waals surface area contributed by atoms with Gasteiger partial charge in [0.25, 0.3) is 0 Å². The highest BCUT2D eigenvalue weighted by atomic mass is 15.2. The Morgan fingerprint density at radius 3 is 2.41 bits per heavy atom. The van der Waals surface area contributed by atoms with Gasteiger partial charge >= 0.3 is 0 Å². The molecule has 0 fully saturated rings. The van der Waals surface area contributed by atoms with E-state index in [4.69, 9.17) is 16.5 Å². The van der Waals surface area contributed by atoms with Crippen LogP contribution in [0.5, 0.6) is 0 Å². The number of nitrogen functional groups attached to an aromatic ring is 2. The maximum absolute atomic E-state index is 6.10. The van der Waals surface area contributed by atoms with E-state index in [9.17, 15) is 0 Å². The van der Waals surface area contributed by atoms with Crippen molar-refractivity contribution in [3.63, 3.8) is 0 Å². The molecule has 4 N–H and O–H groups in total. The lowest BCUT2D eigenvalue weighted by atomic mass is 10.0. The first-order valence-corrected chi connectivity index (χ1v) is 8.91. The Hall–Kier alpha value is -3.48. The number of anilines is 2. The SMILES string of the molecule is CCC(c1ccncc1)n1c(Cc2ccccc2)nc2c(N)nc(N)nc21. The fourth-order valence-corrected chi connectivity index (χ4v) is 3.44. The standard InChI is InChI=1S/C20H21N7/c1-2-15(14-8-10-23-11-9-14)27-16(12-13-6-4-3-5-7-13)24-17-18(21)25-20(22)26-19(17)27/h3-11,15H,2,12H2,1H3,(H4,21,22,25,26). The van der Waals surface area contributed by atoms with E-state index in [-0.39, 0.29) is 12.0 Å². The Bertz CT molecular complexity index is 1060. The van der Waals surface area contributed by atoms with Gasteiger partial charge in [0, 0.05) is 18.8 Å². The van der Waals surface area contributed by atoms with Crippen molar-refractivity contribution in [1.29, 1.82) is 0 Å². The number of nitrogens with two attached hydrogens (primary N) is 2. The quantitative estimate of drug-likeness (QED) is 0.567. The van der Waals surface area contributed by atoms with Crippen molar-refractivity contribution < 1.29 is 0 Å². The van der Waals surface area contributed by atoms with Crippen LogP contribution in [-0.2, 0) is 6.42 Å². The summed E-state index contributed by atoms with van der Waals surface area (Å²) in [5.41, 5.74) is 15.5. The van der Waals surface area contributed by atoms with Crippen LogP contribution in [0.4, 0.5) is 11.8 Å². The first kappa shape index (κ1) is 17.0. The van der Waals surface area contributed by atoms with Gasteiger partial charge in [0.15, 0.2) is 17.0 Å².